The van der Waals surface area contributed by atoms with Gasteiger partial charge in [0.2, 0.25) is 0 Å². The lowest BCUT2D eigenvalue weighted by Crippen LogP contribution is -2.17. The smallest absolute Gasteiger partial charge is 0.271 e. The Morgan fingerprint density at radius 2 is 1.86 bits per heavy atom. The molecule has 0 spiro atoms. The van der Waals surface area contributed by atoms with Crippen molar-refractivity contribution in [3.05, 3.63) is 97.9 Å². The largest absolute Gasteiger partial charge is 0.487 e. The van der Waals surface area contributed by atoms with Gasteiger partial charge in [0.05, 0.1) is 10.7 Å². The van der Waals surface area contributed by atoms with Crippen molar-refractivity contribution >= 4 is 44.0 Å². The summed E-state index contributed by atoms with van der Waals surface area (Å²) >= 11 is 7.01. The Morgan fingerprint density at radius 3 is 2.61 bits per heavy atom. The zero-order chi connectivity index (χ0) is 19.9. The van der Waals surface area contributed by atoms with Gasteiger partial charge in [-0.1, -0.05) is 64.0 Å². The molecule has 0 aliphatic heterocycles. The van der Waals surface area contributed by atoms with E-state index in [0.29, 0.717) is 17.9 Å². The number of aryl methyl sites for hydroxylation is 1. The molecule has 4 nitrogen and oxygen atoms in total. The summed E-state index contributed by atoms with van der Waals surface area (Å²) < 4.78 is 7.66. The zero-order valence-electron chi connectivity index (χ0n) is 15.2. The van der Waals surface area contributed by atoms with Crippen LogP contribution in [0.5, 0.6) is 5.75 Å². The maximum absolute atomic E-state index is 12.2. The van der Waals surface area contributed by atoms with Gasteiger partial charge < -0.3 is 4.74 Å². The Bertz CT molecular complexity index is 1000. The number of hydrogen-bond donors (Lipinski definition) is 1. The molecule has 0 heterocycles. The van der Waals surface area contributed by atoms with E-state index in [2.05, 4.69) is 42.4 Å². The maximum atomic E-state index is 12.2. The third-order valence-electron chi connectivity index (χ3n) is 3.91. The van der Waals surface area contributed by atoms with Crippen LogP contribution in [-0.2, 0) is 6.61 Å². The number of nitrogens with one attached hydrogen (secondary N) is 1. The van der Waals surface area contributed by atoms with Crippen LogP contribution < -0.4 is 10.2 Å². The highest BCUT2D eigenvalue weighted by Gasteiger charge is 2.10. The number of hydrazone groups is 1. The lowest BCUT2D eigenvalue weighted by molar-refractivity contribution is 0.0955. The number of halogens is 2. The van der Waals surface area contributed by atoms with Crippen LogP contribution in [0.3, 0.4) is 0 Å². The number of hydrogen-bond acceptors (Lipinski definition) is 3. The minimum atomic E-state index is -0.263. The zero-order valence-corrected chi connectivity index (χ0v) is 18.3. The number of benzene rings is 3. The van der Waals surface area contributed by atoms with Crippen LogP contribution in [0.1, 0.15) is 27.0 Å². The van der Waals surface area contributed by atoms with Crippen molar-refractivity contribution in [1.82, 2.24) is 5.43 Å². The fourth-order valence-electron chi connectivity index (χ4n) is 2.57. The van der Waals surface area contributed by atoms with Crippen molar-refractivity contribution in [1.29, 1.82) is 0 Å². The number of amides is 1. The predicted molar refractivity (Wildman–Crippen MR) is 119 cm³/mol. The normalized spacial score (nSPS) is 10.8. The molecule has 142 valence electrons. The number of rotatable bonds is 6. The SMILES string of the molecule is Cc1cccc(C(=O)N/N=C/c2cc(Br)cc(Br)c2OCc2ccccc2)c1. The molecule has 1 amide bonds. The van der Waals surface area contributed by atoms with Gasteiger partial charge in [0.15, 0.2) is 0 Å². The Balaban J connectivity index is 1.75. The molecule has 3 rings (SSSR count). The number of carbonyl (C=O) groups excluding carboxylic acids is 1. The van der Waals surface area contributed by atoms with E-state index in [4.69, 9.17) is 4.74 Å². The van der Waals surface area contributed by atoms with Crippen LogP contribution in [0.25, 0.3) is 0 Å². The van der Waals surface area contributed by atoms with Gasteiger partial charge in [-0.05, 0) is 52.7 Å². The van der Waals surface area contributed by atoms with Gasteiger partial charge >= 0.3 is 0 Å². The molecule has 0 radical (unpaired) electrons. The average molecular weight is 502 g/mol. The van der Waals surface area contributed by atoms with Gasteiger partial charge in [-0.3, -0.25) is 4.79 Å². The summed E-state index contributed by atoms with van der Waals surface area (Å²) in [4.78, 5) is 12.2. The molecular formula is C22H18Br2N2O2. The van der Waals surface area contributed by atoms with E-state index in [1.807, 2.05) is 67.6 Å². The molecule has 0 aliphatic rings. The van der Waals surface area contributed by atoms with E-state index in [9.17, 15) is 4.79 Å². The molecule has 0 aliphatic carbocycles. The number of carbonyl (C=O) groups is 1. The second-order valence-corrected chi connectivity index (χ2v) is 7.92. The summed E-state index contributed by atoms with van der Waals surface area (Å²) in [6, 6.07) is 21.0. The molecule has 28 heavy (non-hydrogen) atoms. The Hall–Kier alpha value is -2.44. The van der Waals surface area contributed by atoms with Gasteiger partial charge in [-0.15, -0.1) is 0 Å². The fourth-order valence-corrected chi connectivity index (χ4v) is 3.94. The molecular weight excluding hydrogens is 484 g/mol. The highest BCUT2D eigenvalue weighted by atomic mass is 79.9. The first kappa shape index (κ1) is 20.3. The van der Waals surface area contributed by atoms with Crippen LogP contribution in [0.2, 0.25) is 0 Å². The maximum Gasteiger partial charge on any atom is 0.271 e. The molecule has 6 heteroatoms. The first-order valence-corrected chi connectivity index (χ1v) is 10.2. The Kier molecular flexibility index (Phi) is 7.01. The molecule has 1 N–H and O–H groups in total. The quantitative estimate of drug-likeness (QED) is 0.339. The number of nitrogens with zero attached hydrogens (tertiary/aromatic N) is 1. The topological polar surface area (TPSA) is 50.7 Å². The van der Waals surface area contributed by atoms with Gasteiger partial charge in [0, 0.05) is 15.6 Å². The van der Waals surface area contributed by atoms with E-state index in [0.717, 1.165) is 25.6 Å². The van der Waals surface area contributed by atoms with Gasteiger partial charge in [-0.2, -0.15) is 5.10 Å². The highest BCUT2D eigenvalue weighted by molar-refractivity contribution is 9.11. The van der Waals surface area contributed by atoms with E-state index in [1.54, 1.807) is 12.3 Å². The van der Waals surface area contributed by atoms with E-state index >= 15 is 0 Å². The van der Waals surface area contributed by atoms with E-state index in [1.165, 1.54) is 0 Å². The van der Waals surface area contributed by atoms with Crippen LogP contribution in [0.4, 0.5) is 0 Å². The molecule has 3 aromatic rings. The molecule has 0 atom stereocenters. The van der Waals surface area contributed by atoms with Crippen molar-refractivity contribution in [2.24, 2.45) is 5.10 Å². The minimum Gasteiger partial charge on any atom is -0.487 e. The number of ether oxygens (including phenoxy) is 1. The van der Waals surface area contributed by atoms with Gasteiger partial charge in [-0.25, -0.2) is 5.43 Å². The van der Waals surface area contributed by atoms with Crippen molar-refractivity contribution < 1.29 is 9.53 Å². The van der Waals surface area contributed by atoms with E-state index in [-0.39, 0.29) is 5.91 Å². The van der Waals surface area contributed by atoms with Gasteiger partial charge in [0.1, 0.15) is 12.4 Å². The average Bonchev–Trinajstić information content (AvgIpc) is 2.68. The van der Waals surface area contributed by atoms with Crippen LogP contribution in [-0.4, -0.2) is 12.1 Å². The summed E-state index contributed by atoms with van der Waals surface area (Å²) in [5, 5.41) is 4.10. The predicted octanol–water partition coefficient (Wildman–Crippen LogP) is 5.86. The van der Waals surface area contributed by atoms with Crippen molar-refractivity contribution in [2.45, 2.75) is 13.5 Å². The standard InChI is InChI=1S/C22H18Br2N2O2/c1-15-6-5-9-17(10-15)22(27)26-25-13-18-11-19(23)12-20(24)21(18)28-14-16-7-3-2-4-8-16/h2-13H,14H2,1H3,(H,26,27)/b25-13+. The summed E-state index contributed by atoms with van der Waals surface area (Å²) in [5.41, 5.74) is 5.94. The summed E-state index contributed by atoms with van der Waals surface area (Å²) in [6.07, 6.45) is 1.57. The molecule has 0 saturated carbocycles. The van der Waals surface area contributed by atoms with Crippen LogP contribution >= 0.6 is 31.9 Å². The highest BCUT2D eigenvalue weighted by Crippen LogP contribution is 2.32. The third kappa shape index (κ3) is 5.53. The van der Waals surface area contributed by atoms with Gasteiger partial charge in [0.25, 0.3) is 5.91 Å². The summed E-state index contributed by atoms with van der Waals surface area (Å²) in [6.45, 7) is 2.37. The second kappa shape index (κ2) is 9.66. The first-order chi connectivity index (χ1) is 13.5. The molecule has 0 unspecified atom stereocenters. The molecule has 0 aromatic heterocycles. The van der Waals surface area contributed by atoms with Crippen LogP contribution in [0, 0.1) is 6.92 Å². The third-order valence-corrected chi connectivity index (χ3v) is 4.96. The Morgan fingerprint density at radius 1 is 1.07 bits per heavy atom. The van der Waals surface area contributed by atoms with Crippen molar-refractivity contribution in [3.63, 3.8) is 0 Å². The van der Waals surface area contributed by atoms with Crippen molar-refractivity contribution in [2.75, 3.05) is 0 Å². The fraction of sp³-hybridized carbons (Fsp3) is 0.0909. The lowest BCUT2D eigenvalue weighted by atomic mass is 10.1. The molecule has 0 saturated heterocycles. The lowest BCUT2D eigenvalue weighted by Gasteiger charge is -2.12. The first-order valence-electron chi connectivity index (χ1n) is 8.59. The molecule has 3 aromatic carbocycles. The Labute approximate surface area is 180 Å². The van der Waals surface area contributed by atoms with Crippen LogP contribution in [0.15, 0.2) is 80.8 Å². The minimum absolute atomic E-state index is 0.263. The molecule has 0 bridgehead atoms. The monoisotopic (exact) mass is 500 g/mol. The molecule has 0 fully saturated rings. The summed E-state index contributed by atoms with van der Waals surface area (Å²) in [5.74, 6) is 0.390. The second-order valence-electron chi connectivity index (χ2n) is 6.15. The van der Waals surface area contributed by atoms with E-state index < -0.39 is 0 Å². The van der Waals surface area contributed by atoms with Crippen molar-refractivity contribution in [3.8, 4) is 5.75 Å². The summed E-state index contributed by atoms with van der Waals surface area (Å²) in [7, 11) is 0.